The fourth-order valence-electron chi connectivity index (χ4n) is 2.41. The Morgan fingerprint density at radius 3 is 2.75 bits per heavy atom. The van der Waals surface area contributed by atoms with Gasteiger partial charge in [0.2, 0.25) is 5.91 Å². The summed E-state index contributed by atoms with van der Waals surface area (Å²) in [6.45, 7) is 2.08. The Labute approximate surface area is 150 Å². The lowest BCUT2D eigenvalue weighted by atomic mass is 10.1. The molecule has 0 spiro atoms. The number of thiazole rings is 1. The van der Waals surface area contributed by atoms with E-state index < -0.39 is 5.38 Å². The van der Waals surface area contributed by atoms with Gasteiger partial charge in [-0.2, -0.15) is 0 Å². The predicted molar refractivity (Wildman–Crippen MR) is 99.8 cm³/mol. The minimum Gasteiger partial charge on any atom is -0.300 e. The molecule has 3 aromatic rings. The SMILES string of the molecule is Cc1cccc(Cc2cnc(NC(=O)C(Cl)c3ccccc3)s2)c1. The van der Waals surface area contributed by atoms with Crippen molar-refractivity contribution in [2.75, 3.05) is 5.32 Å². The van der Waals surface area contributed by atoms with E-state index in [0.29, 0.717) is 5.13 Å². The fraction of sp³-hybridized carbons (Fsp3) is 0.158. The summed E-state index contributed by atoms with van der Waals surface area (Å²) in [5.41, 5.74) is 3.24. The third-order valence-electron chi connectivity index (χ3n) is 3.57. The van der Waals surface area contributed by atoms with Crippen molar-refractivity contribution in [1.29, 1.82) is 0 Å². The molecule has 1 atom stereocenters. The topological polar surface area (TPSA) is 42.0 Å². The highest BCUT2D eigenvalue weighted by Gasteiger charge is 2.18. The number of amides is 1. The van der Waals surface area contributed by atoms with E-state index in [2.05, 4.69) is 35.4 Å². The summed E-state index contributed by atoms with van der Waals surface area (Å²) in [7, 11) is 0. The van der Waals surface area contributed by atoms with Crippen LogP contribution < -0.4 is 5.32 Å². The normalized spacial score (nSPS) is 11.9. The van der Waals surface area contributed by atoms with Gasteiger partial charge in [-0.05, 0) is 18.1 Å². The van der Waals surface area contributed by atoms with Gasteiger partial charge in [0.15, 0.2) is 5.13 Å². The van der Waals surface area contributed by atoms with E-state index in [9.17, 15) is 4.79 Å². The van der Waals surface area contributed by atoms with Crippen LogP contribution in [0.1, 0.15) is 26.9 Å². The summed E-state index contributed by atoms with van der Waals surface area (Å²) in [5, 5.41) is 2.64. The van der Waals surface area contributed by atoms with E-state index in [-0.39, 0.29) is 5.91 Å². The first-order valence-electron chi connectivity index (χ1n) is 7.62. The number of carbonyl (C=O) groups excluding carboxylic acids is 1. The molecular formula is C19H17ClN2OS. The number of rotatable bonds is 5. The molecule has 1 aromatic heterocycles. The molecule has 3 nitrogen and oxygen atoms in total. The number of anilines is 1. The Hall–Kier alpha value is -2.17. The van der Waals surface area contributed by atoms with Gasteiger partial charge in [0.05, 0.1) is 0 Å². The predicted octanol–water partition coefficient (Wildman–Crippen LogP) is 4.96. The first-order chi connectivity index (χ1) is 11.6. The highest BCUT2D eigenvalue weighted by Crippen LogP contribution is 2.25. The van der Waals surface area contributed by atoms with E-state index in [1.807, 2.05) is 36.4 Å². The average Bonchev–Trinajstić information content (AvgIpc) is 3.02. The molecule has 0 aliphatic heterocycles. The summed E-state index contributed by atoms with van der Waals surface area (Å²) in [6, 6.07) is 17.7. The van der Waals surface area contributed by atoms with Crippen molar-refractivity contribution in [3.8, 4) is 0 Å². The second kappa shape index (κ2) is 7.60. The molecule has 0 bridgehead atoms. The molecule has 1 heterocycles. The van der Waals surface area contributed by atoms with Crippen LogP contribution in [0, 0.1) is 6.92 Å². The third-order valence-corrected chi connectivity index (χ3v) is 4.93. The molecule has 0 fully saturated rings. The van der Waals surface area contributed by atoms with Gasteiger partial charge in [0.1, 0.15) is 5.38 Å². The average molecular weight is 357 g/mol. The van der Waals surface area contributed by atoms with Gasteiger partial charge in [-0.25, -0.2) is 4.98 Å². The molecule has 0 saturated heterocycles. The number of hydrogen-bond donors (Lipinski definition) is 1. The van der Waals surface area contributed by atoms with Crippen LogP contribution in [0.25, 0.3) is 0 Å². The zero-order valence-corrected chi connectivity index (χ0v) is 14.8. The zero-order chi connectivity index (χ0) is 16.9. The molecule has 0 aliphatic rings. The Kier molecular flexibility index (Phi) is 5.28. The van der Waals surface area contributed by atoms with Crippen molar-refractivity contribution in [1.82, 2.24) is 4.98 Å². The van der Waals surface area contributed by atoms with Crippen molar-refractivity contribution in [2.45, 2.75) is 18.7 Å². The van der Waals surface area contributed by atoms with Crippen LogP contribution in [0.2, 0.25) is 0 Å². The molecular weight excluding hydrogens is 340 g/mol. The summed E-state index contributed by atoms with van der Waals surface area (Å²) in [6.07, 6.45) is 2.60. The molecule has 0 saturated carbocycles. The van der Waals surface area contributed by atoms with Gasteiger partial charge >= 0.3 is 0 Å². The molecule has 0 aliphatic carbocycles. The number of aromatic nitrogens is 1. The molecule has 1 unspecified atom stereocenters. The molecule has 0 radical (unpaired) electrons. The van der Waals surface area contributed by atoms with Crippen molar-refractivity contribution < 1.29 is 4.79 Å². The van der Waals surface area contributed by atoms with Gasteiger partial charge in [-0.1, -0.05) is 60.2 Å². The van der Waals surface area contributed by atoms with Crippen molar-refractivity contribution in [3.63, 3.8) is 0 Å². The largest absolute Gasteiger partial charge is 0.300 e. The van der Waals surface area contributed by atoms with Crippen LogP contribution in [0.5, 0.6) is 0 Å². The summed E-state index contributed by atoms with van der Waals surface area (Å²) < 4.78 is 0. The lowest BCUT2D eigenvalue weighted by molar-refractivity contribution is -0.116. The number of halogens is 1. The van der Waals surface area contributed by atoms with Crippen LogP contribution >= 0.6 is 22.9 Å². The first kappa shape index (κ1) is 16.7. The number of carbonyl (C=O) groups is 1. The molecule has 3 rings (SSSR count). The highest BCUT2D eigenvalue weighted by atomic mass is 35.5. The van der Waals surface area contributed by atoms with Gasteiger partial charge in [0, 0.05) is 17.5 Å². The fourth-order valence-corrected chi connectivity index (χ4v) is 3.46. The van der Waals surface area contributed by atoms with Crippen LogP contribution in [-0.4, -0.2) is 10.9 Å². The minimum absolute atomic E-state index is 0.265. The number of alkyl halides is 1. The third kappa shape index (κ3) is 4.22. The Morgan fingerprint density at radius 1 is 1.21 bits per heavy atom. The van der Waals surface area contributed by atoms with E-state index in [1.54, 1.807) is 6.20 Å². The number of aryl methyl sites for hydroxylation is 1. The van der Waals surface area contributed by atoms with Crippen molar-refractivity contribution in [3.05, 3.63) is 82.4 Å². The minimum atomic E-state index is -0.727. The van der Waals surface area contributed by atoms with Crippen LogP contribution in [-0.2, 0) is 11.2 Å². The van der Waals surface area contributed by atoms with Gasteiger partial charge < -0.3 is 5.32 Å². The van der Waals surface area contributed by atoms with Gasteiger partial charge in [-0.3, -0.25) is 4.79 Å². The quantitative estimate of drug-likeness (QED) is 0.656. The molecule has 24 heavy (non-hydrogen) atoms. The van der Waals surface area contributed by atoms with E-state index in [1.165, 1.54) is 22.5 Å². The Morgan fingerprint density at radius 2 is 2.00 bits per heavy atom. The summed E-state index contributed by atoms with van der Waals surface area (Å²) >= 11 is 7.70. The molecule has 1 N–H and O–H groups in total. The molecule has 5 heteroatoms. The number of nitrogens with zero attached hydrogens (tertiary/aromatic N) is 1. The van der Waals surface area contributed by atoms with Crippen LogP contribution in [0.4, 0.5) is 5.13 Å². The lowest BCUT2D eigenvalue weighted by Crippen LogP contribution is -2.17. The van der Waals surface area contributed by atoms with Crippen LogP contribution in [0.3, 0.4) is 0 Å². The van der Waals surface area contributed by atoms with Gasteiger partial charge in [0.25, 0.3) is 0 Å². The lowest BCUT2D eigenvalue weighted by Gasteiger charge is -2.08. The maximum atomic E-state index is 12.2. The Balaban J connectivity index is 1.64. The molecule has 122 valence electrons. The number of hydrogen-bond acceptors (Lipinski definition) is 3. The maximum absolute atomic E-state index is 12.2. The first-order valence-corrected chi connectivity index (χ1v) is 8.87. The molecule has 2 aromatic carbocycles. The second-order valence-electron chi connectivity index (χ2n) is 5.56. The molecule has 1 amide bonds. The monoisotopic (exact) mass is 356 g/mol. The number of nitrogens with one attached hydrogen (secondary N) is 1. The standard InChI is InChI=1S/C19H17ClN2OS/c1-13-6-5-7-14(10-13)11-16-12-21-19(24-16)22-18(23)17(20)15-8-3-2-4-9-15/h2-10,12,17H,11H2,1H3,(H,21,22,23). The Bertz CT molecular complexity index is 832. The van der Waals surface area contributed by atoms with E-state index in [0.717, 1.165) is 16.9 Å². The highest BCUT2D eigenvalue weighted by molar-refractivity contribution is 7.15. The summed E-state index contributed by atoms with van der Waals surface area (Å²) in [4.78, 5) is 17.6. The van der Waals surface area contributed by atoms with Crippen molar-refractivity contribution in [2.24, 2.45) is 0 Å². The van der Waals surface area contributed by atoms with Crippen LogP contribution in [0.15, 0.2) is 60.8 Å². The van der Waals surface area contributed by atoms with Crippen molar-refractivity contribution >= 4 is 34.0 Å². The maximum Gasteiger partial charge on any atom is 0.248 e. The summed E-state index contributed by atoms with van der Waals surface area (Å²) in [5.74, 6) is -0.265. The number of benzene rings is 2. The smallest absolute Gasteiger partial charge is 0.248 e. The van der Waals surface area contributed by atoms with Gasteiger partial charge in [-0.15, -0.1) is 22.9 Å². The second-order valence-corrected chi connectivity index (χ2v) is 7.11. The zero-order valence-electron chi connectivity index (χ0n) is 13.2. The van der Waals surface area contributed by atoms with E-state index in [4.69, 9.17) is 11.6 Å². The van der Waals surface area contributed by atoms with E-state index >= 15 is 0 Å².